The Labute approximate surface area is 170 Å². The van der Waals surface area contributed by atoms with Crippen LogP contribution in [0, 0.1) is 12.8 Å². The minimum atomic E-state index is -0.613. The number of aryl methyl sites for hydroxylation is 1. The molecule has 0 N–H and O–H groups in total. The van der Waals surface area contributed by atoms with Gasteiger partial charge in [-0.1, -0.05) is 18.8 Å². The number of rotatable bonds is 5. The van der Waals surface area contributed by atoms with E-state index in [-0.39, 0.29) is 11.9 Å². The fourth-order valence-corrected chi connectivity index (χ4v) is 3.83. The van der Waals surface area contributed by atoms with E-state index in [1.165, 1.54) is 9.80 Å². The average Bonchev–Trinajstić information content (AvgIpc) is 3.20. The van der Waals surface area contributed by atoms with Gasteiger partial charge in [-0.15, -0.1) is 0 Å². The third-order valence-electron chi connectivity index (χ3n) is 5.47. The van der Waals surface area contributed by atoms with Crippen LogP contribution >= 0.6 is 0 Å². The third-order valence-corrected chi connectivity index (χ3v) is 5.47. The van der Waals surface area contributed by atoms with Crippen molar-refractivity contribution in [2.75, 3.05) is 20.7 Å². The number of urea groups is 1. The molecule has 0 aliphatic carbocycles. The molecular formula is C21H26N5O3+. The molecule has 3 heterocycles. The summed E-state index contributed by atoms with van der Waals surface area (Å²) in [4.78, 5) is 33.5. The summed E-state index contributed by atoms with van der Waals surface area (Å²) in [5, 5.41) is 0. The number of fused-ring (bicyclic) bond motifs is 3. The minimum absolute atomic E-state index is 0.219. The molecule has 3 amide bonds. The first kappa shape index (κ1) is 19.2. The number of hydrogen-bond donors (Lipinski definition) is 0. The summed E-state index contributed by atoms with van der Waals surface area (Å²) in [6, 6.07) is 6.73. The van der Waals surface area contributed by atoms with Crippen LogP contribution in [0.1, 0.15) is 32.0 Å². The maximum atomic E-state index is 13.2. The Bertz CT molecular complexity index is 1010. The molecule has 2 aliphatic heterocycles. The molecule has 0 spiro atoms. The number of aromatic nitrogens is 2. The van der Waals surface area contributed by atoms with Gasteiger partial charge in [0.1, 0.15) is 23.3 Å². The van der Waals surface area contributed by atoms with Gasteiger partial charge in [0.05, 0.1) is 7.11 Å². The predicted octanol–water partition coefficient (Wildman–Crippen LogP) is 2.61. The summed E-state index contributed by atoms with van der Waals surface area (Å²) in [5.41, 5.74) is 1.87. The van der Waals surface area contributed by atoms with Gasteiger partial charge in [0.2, 0.25) is 11.9 Å². The van der Waals surface area contributed by atoms with Gasteiger partial charge in [0.25, 0.3) is 5.91 Å². The summed E-state index contributed by atoms with van der Waals surface area (Å²) in [6.45, 7) is 6.55. The Kier molecular flexibility index (Phi) is 4.64. The zero-order chi connectivity index (χ0) is 20.9. The molecule has 2 aliphatic rings. The highest BCUT2D eigenvalue weighted by atomic mass is 16.5. The van der Waals surface area contributed by atoms with Crippen LogP contribution in [0.15, 0.2) is 35.5 Å². The van der Waals surface area contributed by atoms with Gasteiger partial charge in [-0.3, -0.25) is 14.6 Å². The lowest BCUT2D eigenvalue weighted by molar-refractivity contribution is -0.676. The predicted molar refractivity (Wildman–Crippen MR) is 108 cm³/mol. The highest BCUT2D eigenvalue weighted by Crippen LogP contribution is 2.31. The van der Waals surface area contributed by atoms with E-state index in [2.05, 4.69) is 13.8 Å². The summed E-state index contributed by atoms with van der Waals surface area (Å²) >= 11 is 0. The van der Waals surface area contributed by atoms with Crippen LogP contribution in [0.5, 0.6) is 5.75 Å². The van der Waals surface area contributed by atoms with Gasteiger partial charge in [0, 0.05) is 13.6 Å². The average molecular weight is 396 g/mol. The van der Waals surface area contributed by atoms with Gasteiger partial charge in [-0.25, -0.2) is 9.36 Å². The van der Waals surface area contributed by atoms with Crippen molar-refractivity contribution < 1.29 is 18.9 Å². The lowest BCUT2D eigenvalue weighted by atomic mass is 10.1. The van der Waals surface area contributed by atoms with Crippen LogP contribution in [0.25, 0.3) is 5.69 Å². The molecule has 2 aromatic rings. The topological polar surface area (TPSA) is 71.0 Å². The highest BCUT2D eigenvalue weighted by molar-refractivity contribution is 6.19. The van der Waals surface area contributed by atoms with Crippen molar-refractivity contribution in [1.82, 2.24) is 14.4 Å². The van der Waals surface area contributed by atoms with Crippen molar-refractivity contribution >= 4 is 23.7 Å². The van der Waals surface area contributed by atoms with E-state index in [0.29, 0.717) is 24.2 Å². The van der Waals surface area contributed by atoms with E-state index < -0.39 is 6.04 Å². The molecule has 1 fully saturated rings. The second kappa shape index (κ2) is 7.02. The Balaban J connectivity index is 1.75. The number of carbonyl (C=O) groups excluding carboxylic acids is 2. The first-order valence-corrected chi connectivity index (χ1v) is 9.79. The normalized spacial score (nSPS) is 18.3. The van der Waals surface area contributed by atoms with E-state index >= 15 is 0 Å². The number of aliphatic imine (C=N–C) groups is 1. The molecule has 1 unspecified atom stereocenters. The van der Waals surface area contributed by atoms with Crippen molar-refractivity contribution in [3.05, 3.63) is 36.2 Å². The van der Waals surface area contributed by atoms with Crippen molar-refractivity contribution in [3.8, 4) is 11.4 Å². The molecule has 0 bridgehead atoms. The number of amidine groups is 1. The smallest absolute Gasteiger partial charge is 0.406 e. The Morgan fingerprint density at radius 2 is 1.90 bits per heavy atom. The number of benzene rings is 1. The van der Waals surface area contributed by atoms with E-state index in [1.54, 1.807) is 14.2 Å². The van der Waals surface area contributed by atoms with Crippen LogP contribution in [0.3, 0.4) is 0 Å². The number of imidazole rings is 1. The van der Waals surface area contributed by atoms with Crippen LogP contribution in [-0.2, 0) is 4.79 Å². The second-order valence-corrected chi connectivity index (χ2v) is 7.90. The molecule has 1 aromatic heterocycles. The molecule has 0 radical (unpaired) electrons. The number of carbonyl (C=O) groups is 2. The lowest BCUT2D eigenvalue weighted by Crippen LogP contribution is -2.62. The minimum Gasteiger partial charge on any atom is -0.497 e. The van der Waals surface area contributed by atoms with Crippen molar-refractivity contribution in [3.63, 3.8) is 0 Å². The Morgan fingerprint density at radius 1 is 1.21 bits per heavy atom. The number of likely N-dealkylation sites (N-methyl/N-ethyl adjacent to an activating group) is 1. The number of methoxy groups -OCH3 is 1. The van der Waals surface area contributed by atoms with Gasteiger partial charge in [-0.2, -0.15) is 4.57 Å². The summed E-state index contributed by atoms with van der Waals surface area (Å²) < 4.78 is 9.09. The fraction of sp³-hybridized carbons (Fsp3) is 0.429. The van der Waals surface area contributed by atoms with E-state index in [9.17, 15) is 9.59 Å². The lowest BCUT2D eigenvalue weighted by Gasteiger charge is -2.33. The summed E-state index contributed by atoms with van der Waals surface area (Å²) in [7, 11) is 3.31. The van der Waals surface area contributed by atoms with E-state index in [1.807, 2.05) is 46.5 Å². The second-order valence-electron chi connectivity index (χ2n) is 7.90. The molecular weight excluding hydrogens is 370 g/mol. The molecule has 8 heteroatoms. The number of hydrogen-bond acceptors (Lipinski definition) is 4. The molecule has 1 atom stereocenters. The summed E-state index contributed by atoms with van der Waals surface area (Å²) in [5.74, 6) is 2.05. The zero-order valence-electron chi connectivity index (χ0n) is 17.4. The molecule has 1 saturated heterocycles. The standard InChI is InChI=1S/C21H26N5O3/c1-13(2)10-11-24-19(27)17-18(23(4)21(24)28)22-20-25(17)12-14(3)26(20)15-6-8-16(29-5)9-7-15/h6-9,12-13,17H,10-11H2,1-5H3/q+1. The van der Waals surface area contributed by atoms with Crippen molar-refractivity contribution in [1.29, 1.82) is 0 Å². The Morgan fingerprint density at radius 3 is 2.52 bits per heavy atom. The fourth-order valence-electron chi connectivity index (χ4n) is 3.83. The highest BCUT2D eigenvalue weighted by Gasteiger charge is 2.53. The van der Waals surface area contributed by atoms with Gasteiger partial charge < -0.3 is 4.74 Å². The maximum Gasteiger partial charge on any atom is 0.406 e. The maximum absolute atomic E-state index is 13.2. The first-order chi connectivity index (χ1) is 13.8. The first-order valence-electron chi connectivity index (χ1n) is 9.79. The van der Waals surface area contributed by atoms with Gasteiger partial charge in [0.15, 0.2) is 0 Å². The number of ether oxygens (including phenoxy) is 1. The van der Waals surface area contributed by atoms with Crippen LogP contribution < -0.4 is 9.30 Å². The number of imide groups is 1. The summed E-state index contributed by atoms with van der Waals surface area (Å²) in [6.07, 6.45) is 2.69. The monoisotopic (exact) mass is 396 g/mol. The van der Waals surface area contributed by atoms with E-state index in [0.717, 1.165) is 23.6 Å². The SMILES string of the molecule is COc1ccc(-n2c(C)c[n+]3c2N=C2C3C(=O)N(CCC(C)C)C(=O)N2C)cc1. The quantitative estimate of drug-likeness (QED) is 0.730. The third kappa shape index (κ3) is 2.99. The Hall–Kier alpha value is -3.16. The van der Waals surface area contributed by atoms with Crippen LogP contribution in [0.2, 0.25) is 0 Å². The van der Waals surface area contributed by atoms with Crippen LogP contribution in [-0.4, -0.2) is 52.8 Å². The van der Waals surface area contributed by atoms with Gasteiger partial charge in [-0.05, 0) is 43.5 Å². The van der Waals surface area contributed by atoms with Crippen molar-refractivity contribution in [2.45, 2.75) is 33.2 Å². The number of nitrogens with zero attached hydrogens (tertiary/aromatic N) is 5. The van der Waals surface area contributed by atoms with Gasteiger partial charge >= 0.3 is 12.0 Å². The van der Waals surface area contributed by atoms with Crippen molar-refractivity contribution in [2.24, 2.45) is 10.9 Å². The largest absolute Gasteiger partial charge is 0.497 e. The molecule has 152 valence electrons. The molecule has 1 aromatic carbocycles. The molecule has 4 rings (SSSR count). The molecule has 0 saturated carbocycles. The van der Waals surface area contributed by atoms with Crippen LogP contribution in [0.4, 0.5) is 10.7 Å². The molecule has 8 nitrogen and oxygen atoms in total. The van der Waals surface area contributed by atoms with E-state index in [4.69, 9.17) is 9.73 Å². The number of amides is 3. The molecule has 29 heavy (non-hydrogen) atoms. The zero-order valence-corrected chi connectivity index (χ0v) is 17.4.